The summed E-state index contributed by atoms with van der Waals surface area (Å²) in [6.45, 7) is 0.724. The maximum Gasteiger partial charge on any atom is 0.168 e. The van der Waals surface area contributed by atoms with Gasteiger partial charge in [-0.3, -0.25) is 0 Å². The van der Waals surface area contributed by atoms with E-state index in [1.807, 2.05) is 30.3 Å². The number of rotatable bonds is 5. The molecule has 3 heteroatoms. The maximum atomic E-state index is 10.2. The number of hydrogen-bond acceptors (Lipinski definition) is 3. The summed E-state index contributed by atoms with van der Waals surface area (Å²) < 4.78 is 12.1. The molecule has 1 saturated carbocycles. The first-order valence-electron chi connectivity index (χ1n) is 8.32. The molecule has 2 fully saturated rings. The zero-order valence-corrected chi connectivity index (χ0v) is 12.7. The van der Waals surface area contributed by atoms with Crippen LogP contribution in [0.25, 0.3) is 0 Å². The van der Waals surface area contributed by atoms with Gasteiger partial charge in [-0.15, -0.1) is 0 Å². The summed E-state index contributed by atoms with van der Waals surface area (Å²) in [6, 6.07) is 9.88. The lowest BCUT2D eigenvalue weighted by Gasteiger charge is -2.31. The van der Waals surface area contributed by atoms with Crippen molar-refractivity contribution < 1.29 is 14.6 Å². The molecular weight excluding hydrogens is 264 g/mol. The van der Waals surface area contributed by atoms with E-state index < -0.39 is 0 Å². The minimum absolute atomic E-state index is 0.214. The van der Waals surface area contributed by atoms with Gasteiger partial charge in [0.2, 0.25) is 0 Å². The Hall–Kier alpha value is -0.900. The molecule has 1 N–H and O–H groups in total. The van der Waals surface area contributed by atoms with Gasteiger partial charge in [0.25, 0.3) is 0 Å². The van der Waals surface area contributed by atoms with E-state index in [1.165, 1.54) is 19.3 Å². The average molecular weight is 290 g/mol. The van der Waals surface area contributed by atoms with E-state index in [2.05, 4.69) is 0 Å². The molecule has 21 heavy (non-hydrogen) atoms. The van der Waals surface area contributed by atoms with Crippen molar-refractivity contribution in [3.63, 3.8) is 0 Å². The molecule has 3 rings (SSSR count). The Morgan fingerprint density at radius 2 is 1.90 bits per heavy atom. The molecule has 116 valence electrons. The minimum Gasteiger partial charge on any atom is -0.388 e. The van der Waals surface area contributed by atoms with Gasteiger partial charge in [-0.2, -0.15) is 0 Å². The van der Waals surface area contributed by atoms with Crippen LogP contribution in [0, 0.1) is 0 Å². The lowest BCUT2D eigenvalue weighted by Crippen LogP contribution is -2.33. The van der Waals surface area contributed by atoms with Crippen LogP contribution in [0.5, 0.6) is 0 Å². The topological polar surface area (TPSA) is 38.7 Å². The normalized spacial score (nSPS) is 26.0. The lowest BCUT2D eigenvalue weighted by molar-refractivity contribution is -0.187. The predicted molar refractivity (Wildman–Crippen MR) is 81.9 cm³/mol. The zero-order valence-electron chi connectivity index (χ0n) is 12.7. The molecule has 1 heterocycles. The van der Waals surface area contributed by atoms with Gasteiger partial charge in [-0.1, -0.05) is 36.8 Å². The number of hydrogen-bond donors (Lipinski definition) is 1. The van der Waals surface area contributed by atoms with Crippen molar-refractivity contribution in [2.75, 3.05) is 6.61 Å². The van der Waals surface area contributed by atoms with Crippen molar-refractivity contribution in [3.05, 3.63) is 35.9 Å². The van der Waals surface area contributed by atoms with E-state index in [0.717, 1.165) is 44.3 Å². The predicted octanol–water partition coefficient (Wildman–Crippen LogP) is 3.97. The first-order chi connectivity index (χ1) is 10.3. The highest BCUT2D eigenvalue weighted by Crippen LogP contribution is 2.38. The van der Waals surface area contributed by atoms with Gasteiger partial charge < -0.3 is 14.6 Å². The molecule has 1 spiro atoms. The van der Waals surface area contributed by atoms with Gasteiger partial charge in [0.1, 0.15) is 0 Å². The van der Waals surface area contributed by atoms with Crippen LogP contribution in [0.2, 0.25) is 0 Å². The van der Waals surface area contributed by atoms with E-state index in [1.54, 1.807) is 0 Å². The first kappa shape index (κ1) is 15.0. The summed E-state index contributed by atoms with van der Waals surface area (Å²) in [5, 5.41) is 10.2. The van der Waals surface area contributed by atoms with E-state index in [4.69, 9.17) is 9.47 Å². The largest absolute Gasteiger partial charge is 0.388 e. The van der Waals surface area contributed by atoms with Gasteiger partial charge in [0.15, 0.2) is 5.79 Å². The summed E-state index contributed by atoms with van der Waals surface area (Å²) in [6.07, 6.45) is 8.44. The smallest absolute Gasteiger partial charge is 0.168 e. The molecule has 1 aromatic carbocycles. The molecule has 1 aliphatic heterocycles. The van der Waals surface area contributed by atoms with Crippen LogP contribution in [0.15, 0.2) is 30.3 Å². The highest BCUT2D eigenvalue weighted by molar-refractivity contribution is 5.17. The Kier molecular flexibility index (Phi) is 4.94. The van der Waals surface area contributed by atoms with Gasteiger partial charge >= 0.3 is 0 Å². The van der Waals surface area contributed by atoms with Crippen molar-refractivity contribution >= 4 is 0 Å². The molecule has 1 saturated heterocycles. The molecule has 0 amide bonds. The second kappa shape index (κ2) is 6.91. The Balaban J connectivity index is 1.40. The SMILES string of the molecule is OC(CCC[C@@H]1COC2(CCCCC2)O1)c1ccccc1. The Bertz CT molecular complexity index is 425. The maximum absolute atomic E-state index is 10.2. The third-order valence-electron chi connectivity index (χ3n) is 4.72. The van der Waals surface area contributed by atoms with Crippen LogP contribution in [-0.2, 0) is 9.47 Å². The first-order valence-corrected chi connectivity index (χ1v) is 8.32. The average Bonchev–Trinajstić information content (AvgIpc) is 2.91. The number of benzene rings is 1. The van der Waals surface area contributed by atoms with Crippen LogP contribution in [-0.4, -0.2) is 23.6 Å². The molecule has 2 atom stereocenters. The van der Waals surface area contributed by atoms with Crippen LogP contribution in [0.1, 0.15) is 63.0 Å². The Morgan fingerprint density at radius 3 is 2.67 bits per heavy atom. The number of ether oxygens (including phenoxy) is 2. The van der Waals surface area contributed by atoms with Crippen LogP contribution in [0.3, 0.4) is 0 Å². The summed E-state index contributed by atoms with van der Waals surface area (Å²) in [4.78, 5) is 0. The summed E-state index contributed by atoms with van der Waals surface area (Å²) in [5.74, 6) is -0.263. The Labute approximate surface area is 127 Å². The molecule has 1 aliphatic carbocycles. The summed E-state index contributed by atoms with van der Waals surface area (Å²) in [7, 11) is 0. The van der Waals surface area contributed by atoms with Crippen molar-refractivity contribution in [3.8, 4) is 0 Å². The van der Waals surface area contributed by atoms with Crippen molar-refractivity contribution in [2.45, 2.75) is 69.4 Å². The molecule has 0 radical (unpaired) electrons. The fourth-order valence-corrected chi connectivity index (χ4v) is 3.49. The van der Waals surface area contributed by atoms with Crippen molar-refractivity contribution in [2.24, 2.45) is 0 Å². The molecule has 1 aromatic rings. The highest BCUT2D eigenvalue weighted by atomic mass is 16.7. The second-order valence-corrected chi connectivity index (χ2v) is 6.38. The number of aliphatic hydroxyl groups excluding tert-OH is 1. The third-order valence-corrected chi connectivity index (χ3v) is 4.72. The van der Waals surface area contributed by atoms with Crippen molar-refractivity contribution in [1.82, 2.24) is 0 Å². The Morgan fingerprint density at radius 1 is 1.14 bits per heavy atom. The van der Waals surface area contributed by atoms with Crippen LogP contribution < -0.4 is 0 Å². The molecule has 0 aromatic heterocycles. The monoisotopic (exact) mass is 290 g/mol. The van der Waals surface area contributed by atoms with Crippen LogP contribution >= 0.6 is 0 Å². The van der Waals surface area contributed by atoms with Gasteiger partial charge in [-0.25, -0.2) is 0 Å². The standard InChI is InChI=1S/C18H26O3/c19-17(15-8-3-1-4-9-15)11-7-10-16-14-20-18(21-16)12-5-2-6-13-18/h1,3-4,8-9,16-17,19H,2,5-7,10-14H2/t16-,17?/m1/s1. The zero-order chi connectivity index (χ0) is 14.5. The van der Waals surface area contributed by atoms with Crippen molar-refractivity contribution in [1.29, 1.82) is 0 Å². The summed E-state index contributed by atoms with van der Waals surface area (Å²) >= 11 is 0. The van der Waals surface area contributed by atoms with E-state index >= 15 is 0 Å². The third kappa shape index (κ3) is 3.85. The molecule has 0 bridgehead atoms. The van der Waals surface area contributed by atoms with E-state index in [9.17, 15) is 5.11 Å². The summed E-state index contributed by atoms with van der Waals surface area (Å²) in [5.41, 5.74) is 1.00. The minimum atomic E-state index is -0.364. The van der Waals surface area contributed by atoms with Gasteiger partial charge in [0.05, 0.1) is 18.8 Å². The molecule has 3 nitrogen and oxygen atoms in total. The fourth-order valence-electron chi connectivity index (χ4n) is 3.49. The molecule has 2 aliphatic rings. The molecular formula is C18H26O3. The highest BCUT2D eigenvalue weighted by Gasteiger charge is 2.41. The van der Waals surface area contributed by atoms with E-state index in [-0.39, 0.29) is 18.0 Å². The molecule has 1 unspecified atom stereocenters. The van der Waals surface area contributed by atoms with Crippen LogP contribution in [0.4, 0.5) is 0 Å². The van der Waals surface area contributed by atoms with E-state index in [0.29, 0.717) is 0 Å². The van der Waals surface area contributed by atoms with Gasteiger partial charge in [-0.05, 0) is 37.7 Å². The fraction of sp³-hybridized carbons (Fsp3) is 0.667. The quantitative estimate of drug-likeness (QED) is 0.892. The lowest BCUT2D eigenvalue weighted by atomic mass is 9.94. The number of aliphatic hydroxyl groups is 1. The second-order valence-electron chi connectivity index (χ2n) is 6.38. The van der Waals surface area contributed by atoms with Gasteiger partial charge in [0, 0.05) is 12.8 Å².